The molecule has 1 fully saturated rings. The number of carbonyl (C=O) groups is 1. The van der Waals surface area contributed by atoms with Gasteiger partial charge in [0.25, 0.3) is 0 Å². The van der Waals surface area contributed by atoms with Crippen LogP contribution in [0.25, 0.3) is 0 Å². The first-order valence-electron chi connectivity index (χ1n) is 6.24. The third kappa shape index (κ3) is 3.62. The maximum absolute atomic E-state index is 11.8. The van der Waals surface area contributed by atoms with Crippen LogP contribution >= 0.6 is 11.6 Å². The summed E-state index contributed by atoms with van der Waals surface area (Å²) in [4.78, 5) is 11.8. The molecule has 1 saturated carbocycles. The van der Waals surface area contributed by atoms with Crippen LogP contribution < -0.4 is 16.4 Å². The Morgan fingerprint density at radius 2 is 2.11 bits per heavy atom. The summed E-state index contributed by atoms with van der Waals surface area (Å²) in [5.41, 5.74) is 6.67. The van der Waals surface area contributed by atoms with E-state index in [-0.39, 0.29) is 18.1 Å². The van der Waals surface area contributed by atoms with Gasteiger partial charge in [-0.1, -0.05) is 30.5 Å². The van der Waals surface area contributed by atoms with Crippen molar-refractivity contribution in [3.8, 4) is 0 Å². The molecule has 1 aliphatic rings. The highest BCUT2D eigenvalue weighted by atomic mass is 35.5. The fourth-order valence-electron chi connectivity index (χ4n) is 2.24. The van der Waals surface area contributed by atoms with Gasteiger partial charge in [-0.2, -0.15) is 0 Å². The quantitative estimate of drug-likeness (QED) is 0.771. The Kier molecular flexibility index (Phi) is 4.44. The van der Waals surface area contributed by atoms with E-state index in [0.717, 1.165) is 25.7 Å². The van der Waals surface area contributed by atoms with Gasteiger partial charge in [0.2, 0.25) is 0 Å². The topological polar surface area (TPSA) is 67.1 Å². The van der Waals surface area contributed by atoms with Gasteiger partial charge >= 0.3 is 6.03 Å². The first kappa shape index (κ1) is 13.2. The number of halogens is 1. The molecule has 0 unspecified atom stereocenters. The monoisotopic (exact) mass is 267 g/mol. The number of amides is 2. The summed E-state index contributed by atoms with van der Waals surface area (Å²) in [5.74, 6) is 0. The maximum Gasteiger partial charge on any atom is 0.319 e. The molecule has 2 rings (SSSR count). The smallest absolute Gasteiger partial charge is 0.319 e. The lowest BCUT2D eigenvalue weighted by Gasteiger charge is -2.29. The predicted molar refractivity (Wildman–Crippen MR) is 73.8 cm³/mol. The van der Waals surface area contributed by atoms with Crippen LogP contribution in [0.5, 0.6) is 0 Å². The first-order chi connectivity index (χ1) is 8.65. The number of hydrogen-bond acceptors (Lipinski definition) is 2. The highest BCUT2D eigenvalue weighted by Crippen LogP contribution is 2.18. The summed E-state index contributed by atoms with van der Waals surface area (Å²) in [6.45, 7) is 0. The molecule has 5 heteroatoms. The number of urea groups is 1. The average molecular weight is 268 g/mol. The van der Waals surface area contributed by atoms with Crippen molar-refractivity contribution in [2.45, 2.75) is 37.8 Å². The van der Waals surface area contributed by atoms with E-state index in [1.807, 2.05) is 0 Å². The molecular formula is C13H18ClN3O. The highest BCUT2D eigenvalue weighted by molar-refractivity contribution is 6.30. The van der Waals surface area contributed by atoms with Crippen LogP contribution in [-0.4, -0.2) is 18.1 Å². The zero-order valence-electron chi connectivity index (χ0n) is 10.2. The summed E-state index contributed by atoms with van der Waals surface area (Å²) >= 11 is 5.85. The van der Waals surface area contributed by atoms with Gasteiger partial charge < -0.3 is 16.4 Å². The highest BCUT2D eigenvalue weighted by Gasteiger charge is 2.23. The van der Waals surface area contributed by atoms with Gasteiger partial charge in [0.15, 0.2) is 0 Å². The largest absolute Gasteiger partial charge is 0.334 e. The summed E-state index contributed by atoms with van der Waals surface area (Å²) in [7, 11) is 0. The Bertz CT molecular complexity index is 424. The van der Waals surface area contributed by atoms with Crippen LogP contribution in [0.4, 0.5) is 10.5 Å². The molecule has 18 heavy (non-hydrogen) atoms. The van der Waals surface area contributed by atoms with E-state index in [0.29, 0.717) is 10.7 Å². The van der Waals surface area contributed by atoms with Crippen molar-refractivity contribution in [3.63, 3.8) is 0 Å². The Morgan fingerprint density at radius 1 is 1.33 bits per heavy atom. The Hall–Kier alpha value is -1.26. The Balaban J connectivity index is 1.88. The van der Waals surface area contributed by atoms with Gasteiger partial charge in [0.05, 0.1) is 0 Å². The van der Waals surface area contributed by atoms with Crippen LogP contribution in [0.3, 0.4) is 0 Å². The molecule has 98 valence electrons. The number of nitrogens with one attached hydrogen (secondary N) is 2. The second-order valence-electron chi connectivity index (χ2n) is 4.66. The van der Waals surface area contributed by atoms with E-state index in [2.05, 4.69) is 10.6 Å². The second-order valence-corrected chi connectivity index (χ2v) is 5.10. The van der Waals surface area contributed by atoms with E-state index < -0.39 is 0 Å². The van der Waals surface area contributed by atoms with Crippen molar-refractivity contribution in [1.82, 2.24) is 5.32 Å². The molecule has 0 bridgehead atoms. The number of anilines is 1. The lowest BCUT2D eigenvalue weighted by molar-refractivity contribution is 0.240. The van der Waals surface area contributed by atoms with Gasteiger partial charge in [0, 0.05) is 22.8 Å². The van der Waals surface area contributed by atoms with Crippen molar-refractivity contribution in [2.75, 3.05) is 5.32 Å². The maximum atomic E-state index is 11.8. The summed E-state index contributed by atoms with van der Waals surface area (Å²) in [6, 6.07) is 6.97. The lowest BCUT2D eigenvalue weighted by Crippen LogP contribution is -2.50. The molecule has 4 nitrogen and oxygen atoms in total. The van der Waals surface area contributed by atoms with E-state index in [1.54, 1.807) is 24.3 Å². The molecule has 0 radical (unpaired) electrons. The Morgan fingerprint density at radius 3 is 2.83 bits per heavy atom. The van der Waals surface area contributed by atoms with Crippen molar-refractivity contribution in [1.29, 1.82) is 0 Å². The van der Waals surface area contributed by atoms with Crippen LogP contribution in [0.1, 0.15) is 25.7 Å². The minimum atomic E-state index is -0.223. The molecule has 0 saturated heterocycles. The van der Waals surface area contributed by atoms with Gasteiger partial charge in [-0.05, 0) is 31.0 Å². The number of carbonyl (C=O) groups excluding carboxylic acids is 1. The predicted octanol–water partition coefficient (Wildman–Crippen LogP) is 2.73. The van der Waals surface area contributed by atoms with Crippen LogP contribution in [0.2, 0.25) is 5.02 Å². The van der Waals surface area contributed by atoms with Crippen LogP contribution in [-0.2, 0) is 0 Å². The molecule has 2 amide bonds. The molecule has 2 atom stereocenters. The normalized spacial score (nSPS) is 23.4. The third-order valence-corrected chi connectivity index (χ3v) is 3.45. The fraction of sp³-hybridized carbons (Fsp3) is 0.462. The van der Waals surface area contributed by atoms with Crippen molar-refractivity contribution in [3.05, 3.63) is 29.3 Å². The zero-order valence-corrected chi connectivity index (χ0v) is 10.9. The molecule has 0 spiro atoms. The number of benzene rings is 1. The Labute approximate surface area is 112 Å². The van der Waals surface area contributed by atoms with Gasteiger partial charge in [0.1, 0.15) is 0 Å². The van der Waals surface area contributed by atoms with E-state index in [9.17, 15) is 4.79 Å². The molecule has 0 heterocycles. The number of hydrogen-bond donors (Lipinski definition) is 3. The SMILES string of the molecule is N[C@@H]1CCCC[C@H]1NC(=O)Nc1cccc(Cl)c1. The standard InChI is InChI=1S/C13H18ClN3O/c14-9-4-3-5-10(8-9)16-13(18)17-12-7-2-1-6-11(12)15/h3-5,8,11-12H,1-2,6-7,15H2,(H2,16,17,18)/t11-,12-/m1/s1. The summed E-state index contributed by atoms with van der Waals surface area (Å²) < 4.78 is 0. The van der Waals surface area contributed by atoms with Gasteiger partial charge in [-0.25, -0.2) is 4.79 Å². The number of rotatable bonds is 2. The molecule has 4 N–H and O–H groups in total. The molecule has 0 aromatic heterocycles. The fourth-order valence-corrected chi connectivity index (χ4v) is 2.43. The molecule has 1 aliphatic carbocycles. The molecular weight excluding hydrogens is 250 g/mol. The van der Waals surface area contributed by atoms with Crippen LogP contribution in [0.15, 0.2) is 24.3 Å². The molecule has 1 aromatic carbocycles. The van der Waals surface area contributed by atoms with Crippen molar-refractivity contribution < 1.29 is 4.79 Å². The minimum absolute atomic E-state index is 0.0591. The zero-order chi connectivity index (χ0) is 13.0. The lowest BCUT2D eigenvalue weighted by atomic mass is 9.91. The molecule has 1 aromatic rings. The van der Waals surface area contributed by atoms with Crippen molar-refractivity contribution in [2.24, 2.45) is 5.73 Å². The van der Waals surface area contributed by atoms with E-state index in [4.69, 9.17) is 17.3 Å². The minimum Gasteiger partial charge on any atom is -0.334 e. The third-order valence-electron chi connectivity index (χ3n) is 3.22. The van der Waals surface area contributed by atoms with Crippen LogP contribution in [0, 0.1) is 0 Å². The van der Waals surface area contributed by atoms with E-state index in [1.165, 1.54) is 0 Å². The van der Waals surface area contributed by atoms with Gasteiger partial charge in [-0.15, -0.1) is 0 Å². The average Bonchev–Trinajstić information content (AvgIpc) is 2.32. The first-order valence-corrected chi connectivity index (χ1v) is 6.61. The summed E-state index contributed by atoms with van der Waals surface area (Å²) in [6.07, 6.45) is 4.19. The summed E-state index contributed by atoms with van der Waals surface area (Å²) in [5, 5.41) is 6.28. The van der Waals surface area contributed by atoms with Gasteiger partial charge in [-0.3, -0.25) is 0 Å². The van der Waals surface area contributed by atoms with Crippen molar-refractivity contribution >= 4 is 23.3 Å². The number of nitrogens with two attached hydrogens (primary N) is 1. The second kappa shape index (κ2) is 6.07. The molecule has 0 aliphatic heterocycles. The van der Waals surface area contributed by atoms with E-state index >= 15 is 0 Å².